The normalized spacial score (nSPS) is 15.8. The van der Waals surface area contributed by atoms with Crippen molar-refractivity contribution in [3.8, 4) is 5.75 Å². The molecule has 0 bridgehead atoms. The van der Waals surface area contributed by atoms with Crippen LogP contribution >= 0.6 is 0 Å². The fraction of sp³-hybridized carbons (Fsp3) is 0.556. The molecule has 2 rings (SSSR count). The lowest BCUT2D eigenvalue weighted by Gasteiger charge is -2.29. The molecule has 1 fully saturated rings. The highest BCUT2D eigenvalue weighted by molar-refractivity contribution is 5.98. The number of halogens is 2. The van der Waals surface area contributed by atoms with Gasteiger partial charge in [-0.2, -0.15) is 8.78 Å². The molecule has 2 amide bonds. The highest BCUT2D eigenvalue weighted by Gasteiger charge is 2.26. The Labute approximate surface area is 162 Å². The third-order valence-electron chi connectivity index (χ3n) is 4.50. The molecular formula is C18H26F2N4O4. The van der Waals surface area contributed by atoms with E-state index in [1.54, 1.807) is 0 Å². The molecule has 1 atom stereocenters. The number of nitrogens with zero attached hydrogens (tertiary/aromatic N) is 2. The second-order valence-electron chi connectivity index (χ2n) is 6.12. The van der Waals surface area contributed by atoms with E-state index < -0.39 is 12.7 Å². The van der Waals surface area contributed by atoms with Gasteiger partial charge in [-0.3, -0.25) is 14.5 Å². The number of alkyl halides is 2. The number of nitrogens with one attached hydrogen (secondary N) is 1. The van der Waals surface area contributed by atoms with Gasteiger partial charge in [0.2, 0.25) is 5.91 Å². The van der Waals surface area contributed by atoms with Crippen LogP contribution in [0.2, 0.25) is 0 Å². The SMILES string of the molecule is CCN(CC)[C@@H](CN)C(=O)Nc1ccc(N2CCOCC2=O)c(OC(F)F)c1. The highest BCUT2D eigenvalue weighted by Crippen LogP contribution is 2.33. The van der Waals surface area contributed by atoms with Gasteiger partial charge in [0.05, 0.1) is 12.3 Å². The summed E-state index contributed by atoms with van der Waals surface area (Å²) in [5.41, 5.74) is 6.20. The molecule has 0 aromatic heterocycles. The topological polar surface area (TPSA) is 97.1 Å². The van der Waals surface area contributed by atoms with Crippen molar-refractivity contribution < 1.29 is 27.8 Å². The molecule has 1 aromatic carbocycles. The molecule has 1 aliphatic heterocycles. The fourth-order valence-electron chi connectivity index (χ4n) is 3.09. The molecular weight excluding hydrogens is 374 g/mol. The number of likely N-dealkylation sites (N-methyl/N-ethyl adjacent to an activating group) is 1. The molecule has 1 saturated heterocycles. The predicted molar refractivity (Wildman–Crippen MR) is 101 cm³/mol. The van der Waals surface area contributed by atoms with E-state index in [-0.39, 0.29) is 48.6 Å². The zero-order valence-corrected chi connectivity index (χ0v) is 16.0. The van der Waals surface area contributed by atoms with Crippen LogP contribution < -0.4 is 20.7 Å². The first-order chi connectivity index (χ1) is 13.4. The summed E-state index contributed by atoms with van der Waals surface area (Å²) in [6, 6.07) is 3.72. The van der Waals surface area contributed by atoms with Gasteiger partial charge in [0.25, 0.3) is 5.91 Å². The van der Waals surface area contributed by atoms with Crippen molar-refractivity contribution >= 4 is 23.2 Å². The lowest BCUT2D eigenvalue weighted by atomic mass is 10.2. The maximum Gasteiger partial charge on any atom is 0.387 e. The van der Waals surface area contributed by atoms with Crippen molar-refractivity contribution in [2.24, 2.45) is 5.73 Å². The number of rotatable bonds is 9. The van der Waals surface area contributed by atoms with Crippen molar-refractivity contribution in [3.05, 3.63) is 18.2 Å². The minimum Gasteiger partial charge on any atom is -0.433 e. The van der Waals surface area contributed by atoms with Gasteiger partial charge in [-0.25, -0.2) is 0 Å². The predicted octanol–water partition coefficient (Wildman–Crippen LogP) is 1.26. The maximum atomic E-state index is 12.9. The number of hydrogen-bond donors (Lipinski definition) is 2. The van der Waals surface area contributed by atoms with Gasteiger partial charge in [0.1, 0.15) is 12.6 Å². The smallest absolute Gasteiger partial charge is 0.387 e. The number of carbonyl (C=O) groups excluding carboxylic acids is 2. The summed E-state index contributed by atoms with van der Waals surface area (Å²) in [5, 5.41) is 2.68. The van der Waals surface area contributed by atoms with E-state index in [0.29, 0.717) is 19.7 Å². The number of hydrogen-bond acceptors (Lipinski definition) is 6. The van der Waals surface area contributed by atoms with Crippen LogP contribution in [-0.2, 0) is 14.3 Å². The lowest BCUT2D eigenvalue weighted by molar-refractivity contribution is -0.126. The van der Waals surface area contributed by atoms with Gasteiger partial charge in [-0.05, 0) is 25.2 Å². The summed E-state index contributed by atoms with van der Waals surface area (Å²) < 4.78 is 35.4. The number of carbonyl (C=O) groups is 2. The van der Waals surface area contributed by atoms with Crippen LogP contribution in [0, 0.1) is 0 Å². The molecule has 1 heterocycles. The molecule has 1 aliphatic rings. The van der Waals surface area contributed by atoms with Gasteiger partial charge >= 0.3 is 6.61 Å². The van der Waals surface area contributed by atoms with Crippen molar-refractivity contribution in [2.75, 3.05) is 49.6 Å². The number of anilines is 2. The van der Waals surface area contributed by atoms with E-state index in [0.717, 1.165) is 0 Å². The molecule has 156 valence electrons. The first kappa shape index (κ1) is 22.0. The Bertz CT molecular complexity index is 686. The summed E-state index contributed by atoms with van der Waals surface area (Å²) in [7, 11) is 0. The second kappa shape index (κ2) is 10.3. The second-order valence-corrected chi connectivity index (χ2v) is 6.12. The first-order valence-corrected chi connectivity index (χ1v) is 9.13. The van der Waals surface area contributed by atoms with Crippen LogP contribution in [0.5, 0.6) is 5.75 Å². The molecule has 0 spiro atoms. The van der Waals surface area contributed by atoms with E-state index in [1.165, 1.54) is 23.1 Å². The lowest BCUT2D eigenvalue weighted by Crippen LogP contribution is -2.48. The number of benzene rings is 1. The van der Waals surface area contributed by atoms with E-state index >= 15 is 0 Å². The Morgan fingerprint density at radius 3 is 2.68 bits per heavy atom. The highest BCUT2D eigenvalue weighted by atomic mass is 19.3. The zero-order chi connectivity index (χ0) is 20.7. The van der Waals surface area contributed by atoms with Crippen molar-refractivity contribution in [2.45, 2.75) is 26.5 Å². The van der Waals surface area contributed by atoms with Crippen LogP contribution in [0.1, 0.15) is 13.8 Å². The monoisotopic (exact) mass is 400 g/mol. The maximum absolute atomic E-state index is 12.9. The van der Waals surface area contributed by atoms with Gasteiger partial charge in [0.15, 0.2) is 5.75 Å². The van der Waals surface area contributed by atoms with E-state index in [4.69, 9.17) is 10.5 Å². The molecule has 1 aromatic rings. The number of morpholine rings is 1. The molecule has 0 radical (unpaired) electrons. The Morgan fingerprint density at radius 2 is 2.11 bits per heavy atom. The third-order valence-corrected chi connectivity index (χ3v) is 4.50. The molecule has 3 N–H and O–H groups in total. The Balaban J connectivity index is 2.26. The van der Waals surface area contributed by atoms with Gasteiger partial charge < -0.3 is 25.4 Å². The van der Waals surface area contributed by atoms with Crippen molar-refractivity contribution in [1.29, 1.82) is 0 Å². The zero-order valence-electron chi connectivity index (χ0n) is 16.0. The van der Waals surface area contributed by atoms with Crippen LogP contribution in [0.4, 0.5) is 20.2 Å². The van der Waals surface area contributed by atoms with E-state index in [9.17, 15) is 18.4 Å². The summed E-state index contributed by atoms with van der Waals surface area (Å²) in [4.78, 5) is 27.8. The molecule has 0 unspecified atom stereocenters. The molecule has 0 saturated carbocycles. The average Bonchev–Trinajstić information content (AvgIpc) is 2.66. The summed E-state index contributed by atoms with van der Waals surface area (Å²) in [5.74, 6) is -0.897. The Kier molecular flexibility index (Phi) is 8.09. The minimum atomic E-state index is -3.08. The molecule has 0 aliphatic carbocycles. The quantitative estimate of drug-likeness (QED) is 0.648. The van der Waals surface area contributed by atoms with Crippen LogP contribution in [0.25, 0.3) is 0 Å². The summed E-state index contributed by atoms with van der Waals surface area (Å²) in [6.07, 6.45) is 0. The van der Waals surface area contributed by atoms with Gasteiger partial charge in [0, 0.05) is 24.8 Å². The van der Waals surface area contributed by atoms with E-state index in [1.807, 2.05) is 18.7 Å². The molecule has 28 heavy (non-hydrogen) atoms. The Morgan fingerprint density at radius 1 is 1.39 bits per heavy atom. The Hall–Kier alpha value is -2.30. The number of ether oxygens (including phenoxy) is 2. The van der Waals surface area contributed by atoms with Crippen molar-refractivity contribution in [3.63, 3.8) is 0 Å². The number of nitrogens with two attached hydrogens (primary N) is 1. The van der Waals surface area contributed by atoms with Crippen molar-refractivity contribution in [1.82, 2.24) is 4.90 Å². The minimum absolute atomic E-state index is 0.119. The first-order valence-electron chi connectivity index (χ1n) is 9.13. The standard InChI is InChI=1S/C18H26F2N4O4/c1-3-23(4-2)14(10-21)17(26)22-12-5-6-13(15(9-12)28-18(19)20)24-7-8-27-11-16(24)25/h5-6,9,14,18H,3-4,7-8,10-11,21H2,1-2H3,(H,22,26)/t14-/m0/s1. The van der Waals surface area contributed by atoms with Crippen LogP contribution in [0.3, 0.4) is 0 Å². The number of amides is 2. The van der Waals surface area contributed by atoms with E-state index in [2.05, 4.69) is 10.1 Å². The third kappa shape index (κ3) is 5.37. The van der Waals surface area contributed by atoms with Crippen LogP contribution in [-0.4, -0.2) is 68.8 Å². The summed E-state index contributed by atoms with van der Waals surface area (Å²) >= 11 is 0. The van der Waals surface area contributed by atoms with Gasteiger partial charge in [-0.1, -0.05) is 13.8 Å². The molecule has 8 nitrogen and oxygen atoms in total. The molecule has 10 heteroatoms. The summed E-state index contributed by atoms with van der Waals surface area (Å²) in [6.45, 7) is 2.55. The van der Waals surface area contributed by atoms with Crippen LogP contribution in [0.15, 0.2) is 18.2 Å². The fourth-order valence-corrected chi connectivity index (χ4v) is 3.09. The van der Waals surface area contributed by atoms with Gasteiger partial charge in [-0.15, -0.1) is 0 Å². The largest absolute Gasteiger partial charge is 0.433 e. The average molecular weight is 400 g/mol.